The van der Waals surface area contributed by atoms with Gasteiger partial charge in [0.2, 0.25) is 0 Å². The van der Waals surface area contributed by atoms with Gasteiger partial charge < -0.3 is 15.5 Å². The number of carboxylic acids is 1. The lowest BCUT2D eigenvalue weighted by molar-refractivity contribution is -0.382. The highest BCUT2D eigenvalue weighted by Crippen LogP contribution is 2.40. The Hall–Kier alpha value is -3.17. The molecule has 0 unspecified atom stereocenters. The van der Waals surface area contributed by atoms with Crippen molar-refractivity contribution >= 4 is 56.3 Å². The van der Waals surface area contributed by atoms with E-state index in [4.69, 9.17) is 16.7 Å². The zero-order valence-electron chi connectivity index (χ0n) is 13.6. The van der Waals surface area contributed by atoms with Crippen molar-refractivity contribution in [3.05, 3.63) is 61.5 Å². The van der Waals surface area contributed by atoms with Gasteiger partial charge in [-0.3, -0.25) is 14.9 Å². The van der Waals surface area contributed by atoms with Crippen molar-refractivity contribution in [2.75, 3.05) is 5.32 Å². The minimum Gasteiger partial charge on any atom is -0.507 e. The van der Waals surface area contributed by atoms with Crippen LogP contribution in [0.2, 0.25) is 5.02 Å². The number of hydrogen-bond donors (Lipinski definition) is 3. The normalized spacial score (nSPS) is 10.7. The molecule has 1 amide bonds. The van der Waals surface area contributed by atoms with Crippen LogP contribution in [0.1, 0.15) is 25.6 Å². The van der Waals surface area contributed by atoms with Crippen molar-refractivity contribution in [2.45, 2.75) is 6.92 Å². The number of aryl methyl sites for hydroxylation is 1. The van der Waals surface area contributed by atoms with E-state index in [9.17, 15) is 24.8 Å². The standard InChI is InChI=1S/C17H11ClN2O6S/c1-7-5-8(6-10(13(7)21)17(23)24)19-16(22)15-12(18)9-3-2-4-11(20(25)26)14(9)27-15/h2-6,21H,1H3,(H,19,22)(H,23,24). The van der Waals surface area contributed by atoms with Crippen molar-refractivity contribution in [1.82, 2.24) is 0 Å². The van der Waals surface area contributed by atoms with Crippen LogP contribution < -0.4 is 5.32 Å². The fourth-order valence-electron chi connectivity index (χ4n) is 2.57. The molecule has 1 heterocycles. The van der Waals surface area contributed by atoms with Crippen LogP contribution in [0, 0.1) is 17.0 Å². The van der Waals surface area contributed by atoms with Crippen LogP contribution in [0.25, 0.3) is 10.1 Å². The Kier molecular flexibility index (Phi) is 4.73. The molecule has 3 rings (SSSR count). The minimum absolute atomic E-state index is 0.0589. The van der Waals surface area contributed by atoms with Gasteiger partial charge in [-0.05, 0) is 24.6 Å². The summed E-state index contributed by atoms with van der Waals surface area (Å²) >= 11 is 7.10. The number of nitrogens with zero attached hydrogens (tertiary/aromatic N) is 1. The Morgan fingerprint density at radius 1 is 1.30 bits per heavy atom. The predicted octanol–water partition coefficient (Wildman–Crippen LogP) is 4.43. The van der Waals surface area contributed by atoms with Crippen LogP contribution in [0.15, 0.2) is 30.3 Å². The molecular formula is C17H11ClN2O6S. The van der Waals surface area contributed by atoms with E-state index in [1.807, 2.05) is 0 Å². The van der Waals surface area contributed by atoms with Crippen LogP contribution in [0.3, 0.4) is 0 Å². The van der Waals surface area contributed by atoms with E-state index < -0.39 is 22.5 Å². The molecular weight excluding hydrogens is 396 g/mol. The number of non-ortho nitro benzene ring substituents is 1. The molecule has 27 heavy (non-hydrogen) atoms. The Labute approximate surface area is 160 Å². The highest BCUT2D eigenvalue weighted by atomic mass is 35.5. The lowest BCUT2D eigenvalue weighted by atomic mass is 10.1. The number of fused-ring (bicyclic) bond motifs is 1. The molecule has 0 atom stereocenters. The lowest BCUT2D eigenvalue weighted by Crippen LogP contribution is -2.12. The summed E-state index contributed by atoms with van der Waals surface area (Å²) in [5.41, 5.74) is -0.102. The van der Waals surface area contributed by atoms with Crippen LogP contribution in [0.4, 0.5) is 11.4 Å². The second-order valence-corrected chi connectivity index (χ2v) is 7.00. The van der Waals surface area contributed by atoms with Crippen molar-refractivity contribution in [1.29, 1.82) is 0 Å². The first-order valence-corrected chi connectivity index (χ1v) is 8.63. The van der Waals surface area contributed by atoms with Crippen LogP contribution >= 0.6 is 22.9 Å². The van der Waals surface area contributed by atoms with E-state index in [0.717, 1.165) is 17.4 Å². The maximum absolute atomic E-state index is 12.6. The second kappa shape index (κ2) is 6.86. The molecule has 3 aromatic rings. The Balaban J connectivity index is 2.03. The molecule has 8 nitrogen and oxygen atoms in total. The topological polar surface area (TPSA) is 130 Å². The average Bonchev–Trinajstić information content (AvgIpc) is 2.94. The van der Waals surface area contributed by atoms with Crippen molar-refractivity contribution in [2.24, 2.45) is 0 Å². The summed E-state index contributed by atoms with van der Waals surface area (Å²) in [5.74, 6) is -2.38. The first-order valence-electron chi connectivity index (χ1n) is 7.44. The van der Waals surface area contributed by atoms with Gasteiger partial charge in [0, 0.05) is 17.1 Å². The smallest absolute Gasteiger partial charge is 0.339 e. The zero-order chi connectivity index (χ0) is 19.9. The third-order valence-electron chi connectivity index (χ3n) is 3.83. The van der Waals surface area contributed by atoms with Gasteiger partial charge in [0.25, 0.3) is 11.6 Å². The number of amides is 1. The molecule has 1 aromatic heterocycles. The van der Waals surface area contributed by atoms with E-state index in [1.54, 1.807) is 6.07 Å². The van der Waals surface area contributed by atoms with Crippen LogP contribution in [-0.4, -0.2) is 27.0 Å². The summed E-state index contributed by atoms with van der Waals surface area (Å²) in [6, 6.07) is 6.89. The first kappa shape index (κ1) is 18.6. The van der Waals surface area contributed by atoms with Gasteiger partial charge in [-0.2, -0.15) is 0 Å². The number of aromatic hydroxyl groups is 1. The summed E-state index contributed by atoms with van der Waals surface area (Å²) in [6.45, 7) is 1.49. The summed E-state index contributed by atoms with van der Waals surface area (Å²) in [6.07, 6.45) is 0. The number of carbonyl (C=O) groups is 2. The number of nitro groups is 1. The quantitative estimate of drug-likeness (QED) is 0.334. The van der Waals surface area contributed by atoms with Crippen molar-refractivity contribution in [3.63, 3.8) is 0 Å². The fourth-order valence-corrected chi connectivity index (χ4v) is 4.06. The third-order valence-corrected chi connectivity index (χ3v) is 5.56. The summed E-state index contributed by atoms with van der Waals surface area (Å²) < 4.78 is 0.269. The molecule has 0 bridgehead atoms. The molecule has 0 spiro atoms. The molecule has 0 saturated heterocycles. The molecule has 0 aliphatic rings. The van der Waals surface area contributed by atoms with Gasteiger partial charge in [-0.1, -0.05) is 23.7 Å². The van der Waals surface area contributed by atoms with Crippen LogP contribution in [0.5, 0.6) is 5.75 Å². The second-order valence-electron chi connectivity index (χ2n) is 5.60. The Morgan fingerprint density at radius 3 is 2.63 bits per heavy atom. The molecule has 0 aliphatic carbocycles. The number of hydrogen-bond acceptors (Lipinski definition) is 6. The van der Waals surface area contributed by atoms with Gasteiger partial charge >= 0.3 is 5.97 Å². The molecule has 0 fully saturated rings. The highest BCUT2D eigenvalue weighted by Gasteiger charge is 2.23. The molecule has 0 radical (unpaired) electrons. The van der Waals surface area contributed by atoms with E-state index in [0.29, 0.717) is 5.39 Å². The molecule has 3 N–H and O–H groups in total. The van der Waals surface area contributed by atoms with Gasteiger partial charge in [0.15, 0.2) is 0 Å². The van der Waals surface area contributed by atoms with Crippen LogP contribution in [-0.2, 0) is 0 Å². The maximum atomic E-state index is 12.6. The largest absolute Gasteiger partial charge is 0.507 e. The number of phenols is 1. The number of benzene rings is 2. The van der Waals surface area contributed by atoms with Gasteiger partial charge in [-0.15, -0.1) is 11.3 Å². The fraction of sp³-hybridized carbons (Fsp3) is 0.0588. The number of carbonyl (C=O) groups excluding carboxylic acids is 1. The van der Waals surface area contributed by atoms with E-state index in [1.165, 1.54) is 25.1 Å². The molecule has 138 valence electrons. The van der Waals surface area contributed by atoms with Crippen molar-refractivity contribution < 1.29 is 24.7 Å². The number of nitro benzene ring substituents is 1. The van der Waals surface area contributed by atoms with Gasteiger partial charge in [0.05, 0.1) is 9.95 Å². The Bertz CT molecular complexity index is 1120. The third kappa shape index (κ3) is 3.29. The highest BCUT2D eigenvalue weighted by molar-refractivity contribution is 7.22. The summed E-state index contributed by atoms with van der Waals surface area (Å²) in [7, 11) is 0. The molecule has 0 aliphatic heterocycles. The number of halogens is 1. The number of anilines is 1. The van der Waals surface area contributed by atoms with E-state index in [2.05, 4.69) is 5.32 Å². The SMILES string of the molecule is Cc1cc(NC(=O)c2sc3c([N+](=O)[O-])cccc3c2Cl)cc(C(=O)O)c1O. The maximum Gasteiger partial charge on any atom is 0.339 e. The van der Waals surface area contributed by atoms with Crippen molar-refractivity contribution in [3.8, 4) is 5.75 Å². The number of thiophene rings is 1. The minimum atomic E-state index is -1.35. The Morgan fingerprint density at radius 2 is 2.00 bits per heavy atom. The molecule has 0 saturated carbocycles. The number of aromatic carboxylic acids is 1. The monoisotopic (exact) mass is 406 g/mol. The summed E-state index contributed by atoms with van der Waals surface area (Å²) in [5, 5.41) is 33.0. The number of nitrogens with one attached hydrogen (secondary N) is 1. The average molecular weight is 407 g/mol. The lowest BCUT2D eigenvalue weighted by Gasteiger charge is -2.09. The zero-order valence-corrected chi connectivity index (χ0v) is 15.2. The molecule has 2 aromatic carbocycles. The van der Waals surface area contributed by atoms with E-state index in [-0.39, 0.29) is 37.1 Å². The predicted molar refractivity (Wildman–Crippen MR) is 101 cm³/mol. The first-order chi connectivity index (χ1) is 12.7. The van der Waals surface area contributed by atoms with E-state index >= 15 is 0 Å². The number of carboxylic acid groups (broad SMARTS) is 1. The van der Waals surface area contributed by atoms with Gasteiger partial charge in [-0.25, -0.2) is 4.79 Å². The number of rotatable bonds is 4. The van der Waals surface area contributed by atoms with Gasteiger partial charge in [0.1, 0.15) is 20.9 Å². The molecule has 10 heteroatoms. The summed E-state index contributed by atoms with van der Waals surface area (Å²) in [4.78, 5) is 34.5.